The Bertz CT molecular complexity index is 178. The van der Waals surface area contributed by atoms with Gasteiger partial charge < -0.3 is 9.84 Å². The summed E-state index contributed by atoms with van der Waals surface area (Å²) in [6.45, 7) is 3.88. The largest absolute Gasteiger partial charge is 0.481 e. The molecule has 0 spiro atoms. The van der Waals surface area contributed by atoms with Crippen LogP contribution in [-0.4, -0.2) is 24.3 Å². The van der Waals surface area contributed by atoms with Gasteiger partial charge in [-0.3, -0.25) is 4.79 Å². The molecule has 0 aromatic heterocycles. The highest BCUT2D eigenvalue weighted by Gasteiger charge is 2.58. The molecule has 3 atom stereocenters. The average Bonchev–Trinajstić information content (AvgIpc) is 2.62. The lowest BCUT2D eigenvalue weighted by Crippen LogP contribution is -2.22. The molecule has 3 heteroatoms. The number of aliphatic carboxylic acids is 1. The summed E-state index contributed by atoms with van der Waals surface area (Å²) in [7, 11) is 1.62. The third kappa shape index (κ3) is 1.25. The molecule has 0 amide bonds. The molecule has 3 unspecified atom stereocenters. The lowest BCUT2D eigenvalue weighted by molar-refractivity contribution is -0.140. The van der Waals surface area contributed by atoms with Gasteiger partial charge in [0.05, 0.1) is 12.0 Å². The molecule has 1 aliphatic rings. The van der Waals surface area contributed by atoms with Crippen LogP contribution in [0, 0.1) is 11.3 Å². The van der Waals surface area contributed by atoms with E-state index in [1.165, 1.54) is 0 Å². The highest BCUT2D eigenvalue weighted by atomic mass is 16.5. The first-order valence-electron chi connectivity index (χ1n) is 3.78. The first-order valence-corrected chi connectivity index (χ1v) is 3.78. The van der Waals surface area contributed by atoms with Gasteiger partial charge in [0.15, 0.2) is 0 Å². The zero-order chi connectivity index (χ0) is 8.65. The molecule has 1 saturated carbocycles. The van der Waals surface area contributed by atoms with Crippen LogP contribution in [0.15, 0.2) is 0 Å². The number of rotatable bonds is 3. The molecular weight excluding hydrogens is 144 g/mol. The molecule has 0 aromatic rings. The Labute approximate surface area is 66.4 Å². The minimum absolute atomic E-state index is 0.0450. The maximum atomic E-state index is 10.5. The molecule has 11 heavy (non-hydrogen) atoms. The van der Waals surface area contributed by atoms with E-state index in [0.29, 0.717) is 0 Å². The zero-order valence-corrected chi connectivity index (χ0v) is 7.13. The SMILES string of the molecule is COC(C)C1(C)CC1C(=O)O. The summed E-state index contributed by atoms with van der Waals surface area (Å²) in [6.07, 6.45) is 0.792. The van der Waals surface area contributed by atoms with Crippen LogP contribution in [0.3, 0.4) is 0 Å². The molecule has 0 saturated heterocycles. The van der Waals surface area contributed by atoms with E-state index in [4.69, 9.17) is 9.84 Å². The number of ether oxygens (including phenoxy) is 1. The Morgan fingerprint density at radius 2 is 2.36 bits per heavy atom. The Kier molecular flexibility index (Phi) is 1.92. The van der Waals surface area contributed by atoms with Crippen LogP contribution in [0.2, 0.25) is 0 Å². The fourth-order valence-electron chi connectivity index (χ4n) is 1.47. The molecule has 0 bridgehead atoms. The molecule has 3 nitrogen and oxygen atoms in total. The summed E-state index contributed by atoms with van der Waals surface area (Å²) in [6, 6.07) is 0. The molecule has 0 radical (unpaired) electrons. The second kappa shape index (κ2) is 2.48. The average molecular weight is 158 g/mol. The monoisotopic (exact) mass is 158 g/mol. The van der Waals surface area contributed by atoms with E-state index in [-0.39, 0.29) is 17.4 Å². The zero-order valence-electron chi connectivity index (χ0n) is 7.13. The van der Waals surface area contributed by atoms with Crippen molar-refractivity contribution in [2.45, 2.75) is 26.4 Å². The molecular formula is C8H14O3. The smallest absolute Gasteiger partial charge is 0.307 e. The topological polar surface area (TPSA) is 46.5 Å². The summed E-state index contributed by atoms with van der Waals surface area (Å²) in [4.78, 5) is 10.5. The van der Waals surface area contributed by atoms with Crippen LogP contribution < -0.4 is 0 Å². The van der Waals surface area contributed by atoms with Crippen LogP contribution in [0.25, 0.3) is 0 Å². The van der Waals surface area contributed by atoms with Gasteiger partial charge >= 0.3 is 5.97 Å². The summed E-state index contributed by atoms with van der Waals surface area (Å²) in [5.74, 6) is -0.895. The number of carbonyl (C=O) groups is 1. The van der Waals surface area contributed by atoms with E-state index in [0.717, 1.165) is 6.42 Å². The number of carboxylic acids is 1. The van der Waals surface area contributed by atoms with Crippen molar-refractivity contribution < 1.29 is 14.6 Å². The van der Waals surface area contributed by atoms with Crippen LogP contribution in [-0.2, 0) is 9.53 Å². The predicted molar refractivity (Wildman–Crippen MR) is 40.3 cm³/mol. The molecule has 0 aliphatic heterocycles. The van der Waals surface area contributed by atoms with Crippen molar-refractivity contribution in [1.82, 2.24) is 0 Å². The van der Waals surface area contributed by atoms with E-state index in [2.05, 4.69) is 0 Å². The summed E-state index contributed by atoms with van der Waals surface area (Å²) >= 11 is 0. The number of carboxylic acid groups (broad SMARTS) is 1. The van der Waals surface area contributed by atoms with Crippen molar-refractivity contribution in [3.05, 3.63) is 0 Å². The van der Waals surface area contributed by atoms with E-state index >= 15 is 0 Å². The van der Waals surface area contributed by atoms with Gasteiger partial charge in [0.2, 0.25) is 0 Å². The lowest BCUT2D eigenvalue weighted by atomic mass is 10.0. The second-order valence-corrected chi connectivity index (χ2v) is 3.48. The van der Waals surface area contributed by atoms with Gasteiger partial charge in [-0.05, 0) is 13.3 Å². The van der Waals surface area contributed by atoms with Crippen LogP contribution in [0.5, 0.6) is 0 Å². The van der Waals surface area contributed by atoms with Crippen LogP contribution >= 0.6 is 0 Å². The molecule has 1 aliphatic carbocycles. The third-order valence-electron chi connectivity index (χ3n) is 2.86. The first-order chi connectivity index (χ1) is 5.02. The third-order valence-corrected chi connectivity index (χ3v) is 2.86. The second-order valence-electron chi connectivity index (χ2n) is 3.48. The van der Waals surface area contributed by atoms with E-state index in [1.54, 1.807) is 7.11 Å². The fraction of sp³-hybridized carbons (Fsp3) is 0.875. The molecule has 1 rings (SSSR count). The Hall–Kier alpha value is -0.570. The fourth-order valence-corrected chi connectivity index (χ4v) is 1.47. The van der Waals surface area contributed by atoms with Crippen molar-refractivity contribution >= 4 is 5.97 Å². The van der Waals surface area contributed by atoms with Crippen molar-refractivity contribution in [2.75, 3.05) is 7.11 Å². The van der Waals surface area contributed by atoms with Gasteiger partial charge in [0.25, 0.3) is 0 Å². The normalized spacial score (nSPS) is 38.3. The Balaban J connectivity index is 2.55. The van der Waals surface area contributed by atoms with Crippen LogP contribution in [0.4, 0.5) is 0 Å². The van der Waals surface area contributed by atoms with Gasteiger partial charge in [-0.15, -0.1) is 0 Å². The molecule has 0 heterocycles. The van der Waals surface area contributed by atoms with Gasteiger partial charge in [0.1, 0.15) is 0 Å². The Morgan fingerprint density at radius 3 is 2.64 bits per heavy atom. The van der Waals surface area contributed by atoms with Crippen molar-refractivity contribution in [3.8, 4) is 0 Å². The maximum absolute atomic E-state index is 10.5. The van der Waals surface area contributed by atoms with Crippen molar-refractivity contribution in [1.29, 1.82) is 0 Å². The number of hydrogen-bond acceptors (Lipinski definition) is 2. The van der Waals surface area contributed by atoms with Crippen LogP contribution in [0.1, 0.15) is 20.3 Å². The van der Waals surface area contributed by atoms with Crippen molar-refractivity contribution in [2.24, 2.45) is 11.3 Å². The lowest BCUT2D eigenvalue weighted by Gasteiger charge is -2.17. The summed E-state index contributed by atoms with van der Waals surface area (Å²) in [5.41, 5.74) is -0.124. The number of methoxy groups -OCH3 is 1. The minimum atomic E-state index is -0.698. The maximum Gasteiger partial charge on any atom is 0.307 e. The van der Waals surface area contributed by atoms with E-state index < -0.39 is 5.97 Å². The Morgan fingerprint density at radius 1 is 1.82 bits per heavy atom. The molecule has 1 N–H and O–H groups in total. The van der Waals surface area contributed by atoms with Gasteiger partial charge in [-0.25, -0.2) is 0 Å². The summed E-state index contributed by atoms with van der Waals surface area (Å²) < 4.78 is 5.09. The van der Waals surface area contributed by atoms with Gasteiger partial charge in [-0.2, -0.15) is 0 Å². The number of hydrogen-bond donors (Lipinski definition) is 1. The van der Waals surface area contributed by atoms with E-state index in [9.17, 15) is 4.79 Å². The quantitative estimate of drug-likeness (QED) is 0.669. The highest BCUT2D eigenvalue weighted by molar-refractivity contribution is 5.74. The predicted octanol–water partition coefficient (Wildman–Crippen LogP) is 1.13. The highest BCUT2D eigenvalue weighted by Crippen LogP contribution is 2.55. The van der Waals surface area contributed by atoms with Crippen molar-refractivity contribution in [3.63, 3.8) is 0 Å². The molecule has 1 fully saturated rings. The summed E-state index contributed by atoms with van der Waals surface area (Å²) in [5, 5.41) is 8.68. The molecule has 64 valence electrons. The van der Waals surface area contributed by atoms with E-state index in [1.807, 2.05) is 13.8 Å². The first kappa shape index (κ1) is 8.53. The van der Waals surface area contributed by atoms with Gasteiger partial charge in [-0.1, -0.05) is 6.92 Å². The van der Waals surface area contributed by atoms with Gasteiger partial charge in [0, 0.05) is 12.5 Å². The standard InChI is InChI=1S/C8H14O3/c1-5(11-3)8(2)4-6(8)7(9)10/h5-6H,4H2,1-3H3,(H,9,10). The minimum Gasteiger partial charge on any atom is -0.481 e. The molecule has 0 aromatic carbocycles.